The second-order valence-electron chi connectivity index (χ2n) is 7.59. The second kappa shape index (κ2) is 6.37. The lowest BCUT2D eigenvalue weighted by Crippen LogP contribution is -2.23. The SMILES string of the molecule is Cc1nc2cnccc2n1-c1ccc(C2=CC(=O)N(C)c3cccc4ncn2c34)cc1. The number of nitrogens with zero attached hydrogens (tertiary/aromatic N) is 6. The summed E-state index contributed by atoms with van der Waals surface area (Å²) in [7, 11) is 1.79. The number of pyridine rings is 1. The maximum absolute atomic E-state index is 12.8. The van der Waals surface area contributed by atoms with Crippen molar-refractivity contribution in [1.82, 2.24) is 24.1 Å². The van der Waals surface area contributed by atoms with Crippen molar-refractivity contribution in [1.29, 1.82) is 0 Å². The molecule has 0 N–H and O–H groups in total. The number of anilines is 1. The molecule has 1 aliphatic heterocycles. The van der Waals surface area contributed by atoms with Gasteiger partial charge in [-0.1, -0.05) is 18.2 Å². The van der Waals surface area contributed by atoms with Crippen LogP contribution in [0.5, 0.6) is 0 Å². The Balaban J connectivity index is 1.50. The lowest BCUT2D eigenvalue weighted by molar-refractivity contribution is -0.113. The highest BCUT2D eigenvalue weighted by molar-refractivity contribution is 6.12. The summed E-state index contributed by atoms with van der Waals surface area (Å²) in [6.07, 6.45) is 6.99. The highest BCUT2D eigenvalue weighted by atomic mass is 16.2. The zero-order valence-corrected chi connectivity index (χ0v) is 17.0. The third-order valence-electron chi connectivity index (χ3n) is 5.80. The van der Waals surface area contributed by atoms with Crippen LogP contribution in [0.1, 0.15) is 11.4 Å². The van der Waals surface area contributed by atoms with E-state index in [9.17, 15) is 4.79 Å². The molecular weight excluding hydrogens is 388 g/mol. The van der Waals surface area contributed by atoms with Gasteiger partial charge in [-0.25, -0.2) is 9.97 Å². The number of amides is 1. The van der Waals surface area contributed by atoms with E-state index < -0.39 is 0 Å². The van der Waals surface area contributed by atoms with E-state index in [1.165, 1.54) is 0 Å². The number of carbonyl (C=O) groups excluding carboxylic acids is 1. The van der Waals surface area contributed by atoms with E-state index in [2.05, 4.69) is 19.5 Å². The number of hydrogen-bond donors (Lipinski definition) is 0. The average Bonchev–Trinajstić information content (AvgIpc) is 3.34. The molecule has 4 heterocycles. The quantitative estimate of drug-likeness (QED) is 0.445. The van der Waals surface area contributed by atoms with Crippen molar-refractivity contribution in [3.63, 3.8) is 0 Å². The molecule has 7 heteroatoms. The second-order valence-corrected chi connectivity index (χ2v) is 7.59. The summed E-state index contributed by atoms with van der Waals surface area (Å²) in [5, 5.41) is 0. The number of fused-ring (bicyclic) bond motifs is 1. The van der Waals surface area contributed by atoms with E-state index in [-0.39, 0.29) is 5.91 Å². The highest BCUT2D eigenvalue weighted by Crippen LogP contribution is 2.33. The largest absolute Gasteiger partial charge is 0.310 e. The standard InChI is InChI=1S/C24H18N6O/c1-15-27-19-13-25-11-10-20(19)30(15)17-8-6-16(7-9-17)22-12-23(31)28(2)21-5-3-4-18-24(21)29(22)14-26-18/h3-14H,1-2H3. The van der Waals surface area contributed by atoms with Crippen molar-refractivity contribution < 1.29 is 4.79 Å². The molecule has 6 rings (SSSR count). The smallest absolute Gasteiger partial charge is 0.252 e. The van der Waals surface area contributed by atoms with Crippen molar-refractivity contribution in [3.8, 4) is 5.69 Å². The molecule has 0 saturated carbocycles. The number of carbonyl (C=O) groups is 1. The molecule has 3 aromatic heterocycles. The average molecular weight is 406 g/mol. The van der Waals surface area contributed by atoms with Crippen molar-refractivity contribution in [3.05, 3.63) is 84.7 Å². The maximum Gasteiger partial charge on any atom is 0.252 e. The minimum absolute atomic E-state index is 0.0702. The molecule has 0 fully saturated rings. The fourth-order valence-corrected chi connectivity index (χ4v) is 4.29. The Morgan fingerprint density at radius 2 is 1.81 bits per heavy atom. The van der Waals surface area contributed by atoms with E-state index in [0.29, 0.717) is 0 Å². The van der Waals surface area contributed by atoms with Crippen LogP contribution >= 0.6 is 0 Å². The molecule has 0 bridgehead atoms. The van der Waals surface area contributed by atoms with Crippen LogP contribution in [-0.2, 0) is 4.79 Å². The molecule has 0 radical (unpaired) electrons. The zero-order chi connectivity index (χ0) is 21.1. The van der Waals surface area contributed by atoms with Crippen molar-refractivity contribution in [2.45, 2.75) is 6.92 Å². The fraction of sp³-hybridized carbons (Fsp3) is 0.0833. The molecule has 2 aromatic carbocycles. The topological polar surface area (TPSA) is 68.8 Å². The van der Waals surface area contributed by atoms with E-state index in [0.717, 1.165) is 50.5 Å². The summed E-state index contributed by atoms with van der Waals surface area (Å²) in [4.78, 5) is 27.8. The monoisotopic (exact) mass is 406 g/mol. The minimum atomic E-state index is -0.0702. The predicted octanol–water partition coefficient (Wildman–Crippen LogP) is 3.94. The van der Waals surface area contributed by atoms with Crippen LogP contribution in [0.4, 0.5) is 5.69 Å². The summed E-state index contributed by atoms with van der Waals surface area (Å²) >= 11 is 0. The highest BCUT2D eigenvalue weighted by Gasteiger charge is 2.22. The van der Waals surface area contributed by atoms with Crippen molar-refractivity contribution >= 4 is 39.4 Å². The van der Waals surface area contributed by atoms with Crippen LogP contribution in [0.25, 0.3) is 33.5 Å². The molecule has 0 aliphatic carbocycles. The molecular formula is C24H18N6O. The molecule has 0 unspecified atom stereocenters. The van der Waals surface area contributed by atoms with Gasteiger partial charge in [0, 0.05) is 25.0 Å². The van der Waals surface area contributed by atoms with Crippen LogP contribution in [0, 0.1) is 6.92 Å². The van der Waals surface area contributed by atoms with E-state index >= 15 is 0 Å². The number of rotatable bonds is 2. The summed E-state index contributed by atoms with van der Waals surface area (Å²) in [6, 6.07) is 15.9. The first-order valence-electron chi connectivity index (χ1n) is 9.97. The Hall–Kier alpha value is -4.26. The summed E-state index contributed by atoms with van der Waals surface area (Å²) in [6.45, 7) is 1.98. The molecule has 150 valence electrons. The first-order valence-corrected chi connectivity index (χ1v) is 9.97. The van der Waals surface area contributed by atoms with E-state index in [1.807, 2.05) is 60.0 Å². The van der Waals surface area contributed by atoms with Crippen molar-refractivity contribution in [2.75, 3.05) is 11.9 Å². The summed E-state index contributed by atoms with van der Waals surface area (Å²) in [5.41, 5.74) is 7.24. The third-order valence-corrected chi connectivity index (χ3v) is 5.80. The van der Waals surface area contributed by atoms with E-state index in [4.69, 9.17) is 0 Å². The van der Waals surface area contributed by atoms with Gasteiger partial charge in [0.15, 0.2) is 0 Å². The lowest BCUT2D eigenvalue weighted by Gasteiger charge is -2.14. The molecule has 0 spiro atoms. The van der Waals surface area contributed by atoms with Gasteiger partial charge >= 0.3 is 0 Å². The molecule has 1 aliphatic rings. The Bertz CT molecular complexity index is 1520. The van der Waals surface area contributed by atoms with Gasteiger partial charge in [0.1, 0.15) is 17.7 Å². The molecule has 7 nitrogen and oxygen atoms in total. The van der Waals surface area contributed by atoms with E-state index in [1.54, 1.807) is 36.7 Å². The first-order chi connectivity index (χ1) is 15.1. The number of imidazole rings is 2. The van der Waals surface area contributed by atoms with Crippen LogP contribution < -0.4 is 4.90 Å². The fourth-order valence-electron chi connectivity index (χ4n) is 4.29. The van der Waals surface area contributed by atoms with Crippen molar-refractivity contribution in [2.24, 2.45) is 0 Å². The van der Waals surface area contributed by atoms with Crippen LogP contribution in [-0.4, -0.2) is 37.0 Å². The number of hydrogen-bond acceptors (Lipinski definition) is 4. The minimum Gasteiger partial charge on any atom is -0.310 e. The van der Waals surface area contributed by atoms with Gasteiger partial charge in [-0.3, -0.25) is 18.9 Å². The molecule has 0 atom stereocenters. The number of aryl methyl sites for hydroxylation is 1. The maximum atomic E-state index is 12.8. The Labute approximate surface area is 177 Å². The van der Waals surface area contributed by atoms with Crippen LogP contribution in [0.15, 0.2) is 73.3 Å². The van der Waals surface area contributed by atoms with Gasteiger partial charge < -0.3 is 4.90 Å². The number of likely N-dealkylation sites (N-methyl/N-ethyl adjacent to an activating group) is 1. The molecule has 0 saturated heterocycles. The normalized spacial score (nSPS) is 13.7. The van der Waals surface area contributed by atoms with Gasteiger partial charge in [0.2, 0.25) is 0 Å². The van der Waals surface area contributed by atoms with Crippen LogP contribution in [0.2, 0.25) is 0 Å². The molecule has 5 aromatic rings. The molecule has 1 amide bonds. The van der Waals surface area contributed by atoms with Gasteiger partial charge in [-0.15, -0.1) is 0 Å². The van der Waals surface area contributed by atoms with Gasteiger partial charge in [0.05, 0.1) is 34.1 Å². The number of para-hydroxylation sites is 1. The van der Waals surface area contributed by atoms with Gasteiger partial charge in [-0.05, 0) is 42.8 Å². The number of aromatic nitrogens is 5. The van der Waals surface area contributed by atoms with Gasteiger partial charge in [-0.2, -0.15) is 0 Å². The zero-order valence-electron chi connectivity index (χ0n) is 17.0. The third kappa shape index (κ3) is 2.53. The summed E-state index contributed by atoms with van der Waals surface area (Å²) in [5.74, 6) is 0.825. The Morgan fingerprint density at radius 1 is 0.968 bits per heavy atom. The first kappa shape index (κ1) is 17.6. The number of benzene rings is 2. The predicted molar refractivity (Wildman–Crippen MR) is 120 cm³/mol. The molecule has 31 heavy (non-hydrogen) atoms. The van der Waals surface area contributed by atoms with Crippen LogP contribution in [0.3, 0.4) is 0 Å². The Morgan fingerprint density at radius 3 is 2.65 bits per heavy atom. The summed E-state index contributed by atoms with van der Waals surface area (Å²) < 4.78 is 4.09. The Kier molecular flexibility index (Phi) is 3.61. The van der Waals surface area contributed by atoms with Gasteiger partial charge in [0.25, 0.3) is 5.91 Å². The lowest BCUT2D eigenvalue weighted by atomic mass is 10.1.